The molecule has 0 bridgehead atoms. The number of nitrogens with one attached hydrogen (secondary N) is 1. The van der Waals surface area contributed by atoms with E-state index in [1.165, 1.54) is 12.8 Å². The summed E-state index contributed by atoms with van der Waals surface area (Å²) in [6.45, 7) is 6.00. The van der Waals surface area contributed by atoms with E-state index in [4.69, 9.17) is 4.74 Å². The number of ether oxygens (including phenoxy) is 1. The first-order valence-electron chi connectivity index (χ1n) is 11.1. The molecule has 1 aromatic rings. The van der Waals surface area contributed by atoms with Crippen LogP contribution in [0.5, 0.6) is 5.75 Å². The number of nitrogens with zero attached hydrogens (tertiary/aromatic N) is 2. The van der Waals surface area contributed by atoms with Gasteiger partial charge in [0, 0.05) is 31.6 Å². The Hall–Kier alpha value is -2.08. The van der Waals surface area contributed by atoms with Gasteiger partial charge < -0.3 is 15.0 Å². The number of carbonyl (C=O) groups excluding carboxylic acids is 2. The second-order valence-corrected chi connectivity index (χ2v) is 8.17. The Bertz CT molecular complexity index is 688. The van der Waals surface area contributed by atoms with Crippen molar-refractivity contribution in [1.82, 2.24) is 15.1 Å². The van der Waals surface area contributed by atoms with Gasteiger partial charge in [0.1, 0.15) is 5.75 Å². The number of amides is 2. The minimum absolute atomic E-state index is 0.0677. The molecule has 6 nitrogen and oxygen atoms in total. The highest BCUT2D eigenvalue weighted by Gasteiger charge is 2.30. The van der Waals surface area contributed by atoms with Crippen molar-refractivity contribution in [3.8, 4) is 5.75 Å². The highest BCUT2D eigenvalue weighted by molar-refractivity contribution is 5.81. The smallest absolute Gasteiger partial charge is 0.224 e. The van der Waals surface area contributed by atoms with Gasteiger partial charge in [-0.1, -0.05) is 25.1 Å². The third kappa shape index (κ3) is 5.50. The molecule has 6 heteroatoms. The summed E-state index contributed by atoms with van der Waals surface area (Å²) in [7, 11) is 1.70. The number of hydrogen-bond donors (Lipinski definition) is 1. The van der Waals surface area contributed by atoms with E-state index in [0.717, 1.165) is 50.2 Å². The van der Waals surface area contributed by atoms with Crippen LogP contribution in [0.4, 0.5) is 0 Å². The van der Waals surface area contributed by atoms with Gasteiger partial charge in [0.15, 0.2) is 0 Å². The largest absolute Gasteiger partial charge is 0.496 e. The predicted molar refractivity (Wildman–Crippen MR) is 114 cm³/mol. The molecule has 3 rings (SSSR count). The Labute approximate surface area is 174 Å². The summed E-state index contributed by atoms with van der Waals surface area (Å²) in [5.41, 5.74) is 1.13. The molecule has 0 aromatic heterocycles. The first-order chi connectivity index (χ1) is 14.1. The van der Waals surface area contributed by atoms with Crippen LogP contribution in [-0.4, -0.2) is 61.4 Å². The van der Waals surface area contributed by atoms with Crippen molar-refractivity contribution >= 4 is 11.8 Å². The monoisotopic (exact) mass is 401 g/mol. The molecule has 2 aliphatic rings. The van der Waals surface area contributed by atoms with E-state index in [1.807, 2.05) is 30.0 Å². The fourth-order valence-electron chi connectivity index (χ4n) is 4.56. The summed E-state index contributed by atoms with van der Waals surface area (Å²) in [5.74, 6) is 1.00. The molecular weight excluding hydrogens is 366 g/mol. The summed E-state index contributed by atoms with van der Waals surface area (Å²) < 4.78 is 5.59. The zero-order valence-corrected chi connectivity index (χ0v) is 17.9. The summed E-state index contributed by atoms with van der Waals surface area (Å²) in [6.07, 6.45) is 5.55. The normalized spacial score (nSPS) is 21.0. The molecule has 1 aromatic carbocycles. The summed E-state index contributed by atoms with van der Waals surface area (Å²) >= 11 is 0. The van der Waals surface area contributed by atoms with E-state index in [1.54, 1.807) is 7.11 Å². The second kappa shape index (κ2) is 10.6. The van der Waals surface area contributed by atoms with Gasteiger partial charge in [0.05, 0.1) is 19.1 Å². The molecule has 2 heterocycles. The lowest BCUT2D eigenvalue weighted by Crippen LogP contribution is -2.46. The van der Waals surface area contributed by atoms with Crippen molar-refractivity contribution < 1.29 is 14.3 Å². The van der Waals surface area contributed by atoms with E-state index in [9.17, 15) is 9.59 Å². The number of para-hydroxylation sites is 1. The van der Waals surface area contributed by atoms with Crippen LogP contribution in [0.2, 0.25) is 0 Å². The Morgan fingerprint density at radius 1 is 1.17 bits per heavy atom. The molecule has 0 radical (unpaired) electrons. The maximum atomic E-state index is 12.9. The van der Waals surface area contributed by atoms with Crippen molar-refractivity contribution in [2.75, 3.05) is 39.8 Å². The third-order valence-electron chi connectivity index (χ3n) is 6.16. The second-order valence-electron chi connectivity index (χ2n) is 8.17. The Balaban J connectivity index is 1.64. The number of hydrogen-bond acceptors (Lipinski definition) is 4. The van der Waals surface area contributed by atoms with Gasteiger partial charge >= 0.3 is 0 Å². The van der Waals surface area contributed by atoms with Crippen molar-refractivity contribution in [1.29, 1.82) is 0 Å². The molecule has 2 aliphatic heterocycles. The number of carbonyl (C=O) groups is 2. The minimum atomic E-state index is -0.110. The van der Waals surface area contributed by atoms with E-state index >= 15 is 0 Å². The Morgan fingerprint density at radius 2 is 1.93 bits per heavy atom. The Morgan fingerprint density at radius 3 is 2.66 bits per heavy atom. The van der Waals surface area contributed by atoms with Crippen molar-refractivity contribution in [2.24, 2.45) is 5.92 Å². The van der Waals surface area contributed by atoms with Crippen molar-refractivity contribution in [2.45, 2.75) is 51.5 Å². The molecule has 29 heavy (non-hydrogen) atoms. The molecule has 0 aliphatic carbocycles. The fourth-order valence-corrected chi connectivity index (χ4v) is 4.56. The predicted octanol–water partition coefficient (Wildman–Crippen LogP) is 2.99. The summed E-state index contributed by atoms with van der Waals surface area (Å²) in [5, 5.41) is 3.20. The Kier molecular flexibility index (Phi) is 7.92. The lowest BCUT2D eigenvalue weighted by atomic mass is 9.96. The van der Waals surface area contributed by atoms with E-state index in [2.05, 4.69) is 16.3 Å². The topological polar surface area (TPSA) is 61.9 Å². The number of rotatable bonds is 8. The van der Waals surface area contributed by atoms with Gasteiger partial charge in [0.2, 0.25) is 11.8 Å². The molecule has 2 amide bonds. The number of benzene rings is 1. The standard InChI is InChI=1S/C23H35N3O3/c1-3-9-22(27)26-15-8-10-18(17-26)23(28)24-16-20(25-13-6-7-14-25)19-11-4-5-12-21(19)29-2/h4-5,11-12,18,20H,3,6-10,13-17H2,1-2H3,(H,24,28). The lowest BCUT2D eigenvalue weighted by molar-refractivity contribution is -0.135. The first kappa shape index (κ1) is 21.6. The van der Waals surface area contributed by atoms with E-state index in [-0.39, 0.29) is 23.8 Å². The molecule has 2 unspecified atom stereocenters. The molecule has 2 fully saturated rings. The highest BCUT2D eigenvalue weighted by atomic mass is 16.5. The minimum Gasteiger partial charge on any atom is -0.496 e. The van der Waals surface area contributed by atoms with E-state index < -0.39 is 0 Å². The van der Waals surface area contributed by atoms with Crippen LogP contribution in [0.25, 0.3) is 0 Å². The average molecular weight is 402 g/mol. The molecule has 2 saturated heterocycles. The SMILES string of the molecule is CCCC(=O)N1CCCC(C(=O)NCC(c2ccccc2OC)N2CCCC2)C1. The van der Waals surface area contributed by atoms with E-state index in [0.29, 0.717) is 19.5 Å². The third-order valence-corrected chi connectivity index (χ3v) is 6.16. The van der Waals surface area contributed by atoms with Gasteiger partial charge in [-0.25, -0.2) is 0 Å². The zero-order chi connectivity index (χ0) is 20.6. The summed E-state index contributed by atoms with van der Waals surface area (Å²) in [6, 6.07) is 8.20. The molecule has 1 N–H and O–H groups in total. The van der Waals surface area contributed by atoms with Gasteiger partial charge in [-0.2, -0.15) is 0 Å². The number of likely N-dealkylation sites (tertiary alicyclic amines) is 2. The maximum Gasteiger partial charge on any atom is 0.224 e. The molecular formula is C23H35N3O3. The molecule has 0 saturated carbocycles. The van der Waals surface area contributed by atoms with Gasteiger partial charge in [-0.3, -0.25) is 14.5 Å². The van der Waals surface area contributed by atoms with Crippen molar-refractivity contribution in [3.63, 3.8) is 0 Å². The zero-order valence-electron chi connectivity index (χ0n) is 17.9. The number of piperidine rings is 1. The lowest BCUT2D eigenvalue weighted by Gasteiger charge is -2.33. The fraction of sp³-hybridized carbons (Fsp3) is 0.652. The molecule has 2 atom stereocenters. The van der Waals surface area contributed by atoms with Crippen LogP contribution in [0.1, 0.15) is 57.1 Å². The van der Waals surface area contributed by atoms with Crippen LogP contribution in [0, 0.1) is 5.92 Å². The van der Waals surface area contributed by atoms with Crippen LogP contribution in [-0.2, 0) is 9.59 Å². The molecule has 160 valence electrons. The van der Waals surface area contributed by atoms with Crippen LogP contribution in [0.3, 0.4) is 0 Å². The summed E-state index contributed by atoms with van der Waals surface area (Å²) in [4.78, 5) is 29.5. The van der Waals surface area contributed by atoms with Gasteiger partial charge in [0.25, 0.3) is 0 Å². The highest BCUT2D eigenvalue weighted by Crippen LogP contribution is 2.31. The van der Waals surface area contributed by atoms with Crippen LogP contribution < -0.4 is 10.1 Å². The van der Waals surface area contributed by atoms with Gasteiger partial charge in [-0.05, 0) is 51.3 Å². The van der Waals surface area contributed by atoms with Crippen LogP contribution >= 0.6 is 0 Å². The first-order valence-corrected chi connectivity index (χ1v) is 11.1. The van der Waals surface area contributed by atoms with Gasteiger partial charge in [-0.15, -0.1) is 0 Å². The van der Waals surface area contributed by atoms with Crippen LogP contribution in [0.15, 0.2) is 24.3 Å². The maximum absolute atomic E-state index is 12.9. The number of methoxy groups -OCH3 is 1. The van der Waals surface area contributed by atoms with Crippen molar-refractivity contribution in [3.05, 3.63) is 29.8 Å². The average Bonchev–Trinajstić information content (AvgIpc) is 3.29. The quantitative estimate of drug-likeness (QED) is 0.727. The molecule has 0 spiro atoms.